The summed E-state index contributed by atoms with van der Waals surface area (Å²) < 4.78 is 0. The monoisotopic (exact) mass is 488 g/mol. The van der Waals surface area contributed by atoms with Crippen LogP contribution in [0.1, 0.15) is 72.9 Å². The average Bonchev–Trinajstić information content (AvgIpc) is 3.37. The Bertz CT molecular complexity index is 1180. The molecule has 2 aliphatic carbocycles. The third-order valence-corrected chi connectivity index (χ3v) is 7.02. The molecule has 0 heterocycles. The van der Waals surface area contributed by atoms with Gasteiger partial charge in [-0.3, -0.25) is 0 Å². The Balaban J connectivity index is 0.000000180. The van der Waals surface area contributed by atoms with Crippen molar-refractivity contribution in [3.63, 3.8) is 0 Å². The first-order valence-corrected chi connectivity index (χ1v) is 11.9. The van der Waals surface area contributed by atoms with Crippen LogP contribution in [0.4, 0.5) is 0 Å². The van der Waals surface area contributed by atoms with Gasteiger partial charge in [-0.2, -0.15) is 0 Å². The van der Waals surface area contributed by atoms with Gasteiger partial charge in [-0.1, -0.05) is 113 Å². The maximum absolute atomic E-state index is 2.28. The second-order valence-electron chi connectivity index (χ2n) is 9.72. The van der Waals surface area contributed by atoms with Crippen LogP contribution in [0, 0.1) is 0 Å². The molecule has 0 saturated heterocycles. The lowest BCUT2D eigenvalue weighted by Gasteiger charge is -2.11. The lowest BCUT2D eigenvalue weighted by molar-refractivity contribution is 0.852. The highest BCUT2D eigenvalue weighted by atomic mass is 35.5. The van der Waals surface area contributed by atoms with Crippen LogP contribution in [0.5, 0.6) is 0 Å². The van der Waals surface area contributed by atoms with Crippen molar-refractivity contribution in [2.45, 2.75) is 52.4 Å². The van der Waals surface area contributed by atoms with Gasteiger partial charge in [0.25, 0.3) is 0 Å². The van der Waals surface area contributed by atoms with Gasteiger partial charge in [-0.25, -0.2) is 0 Å². The topological polar surface area (TPSA) is 0 Å². The molecule has 0 bridgehead atoms. The third kappa shape index (κ3) is 4.67. The summed E-state index contributed by atoms with van der Waals surface area (Å²) in [4.78, 5) is 0. The fraction of sp³-hybridized carbons (Fsp3) is 0.250. The molecule has 0 amide bonds. The average molecular weight is 490 g/mol. The third-order valence-electron chi connectivity index (χ3n) is 7.02. The normalized spacial score (nSPS) is 11.9. The quantitative estimate of drug-likeness (QED) is 0.227. The van der Waals surface area contributed by atoms with Crippen molar-refractivity contribution in [3.05, 3.63) is 118 Å². The maximum Gasteiger partial charge on any atom is -0.00106 e. The van der Waals surface area contributed by atoms with E-state index in [0.29, 0.717) is 11.8 Å². The van der Waals surface area contributed by atoms with Crippen molar-refractivity contribution in [3.8, 4) is 22.3 Å². The van der Waals surface area contributed by atoms with E-state index in [9.17, 15) is 0 Å². The summed E-state index contributed by atoms with van der Waals surface area (Å²) in [5, 5.41) is 0. The van der Waals surface area contributed by atoms with Gasteiger partial charge in [0, 0.05) is 0 Å². The summed E-state index contributed by atoms with van der Waals surface area (Å²) in [5.74, 6) is 1.23. The molecule has 0 N–H and O–H groups in total. The Hall–Kier alpha value is -2.54. The molecule has 0 aromatic heterocycles. The molecule has 0 atom stereocenters. The van der Waals surface area contributed by atoms with Crippen LogP contribution in [-0.2, 0) is 12.8 Å². The van der Waals surface area contributed by atoms with E-state index in [2.05, 4.69) is 113 Å². The van der Waals surface area contributed by atoms with Gasteiger partial charge in [0.2, 0.25) is 0 Å². The Morgan fingerprint density at radius 1 is 0.441 bits per heavy atom. The van der Waals surface area contributed by atoms with Gasteiger partial charge in [0.15, 0.2) is 0 Å². The zero-order valence-electron chi connectivity index (χ0n) is 20.5. The van der Waals surface area contributed by atoms with Crippen molar-refractivity contribution in [2.24, 2.45) is 0 Å². The molecular weight excluding hydrogens is 455 g/mol. The first kappa shape index (κ1) is 26.1. The molecule has 0 fully saturated rings. The molecular formula is C32H34Cl2. The van der Waals surface area contributed by atoms with E-state index in [1.807, 2.05) is 0 Å². The Labute approximate surface area is 217 Å². The molecule has 176 valence electrons. The van der Waals surface area contributed by atoms with E-state index < -0.39 is 0 Å². The number of rotatable bonds is 2. The van der Waals surface area contributed by atoms with E-state index in [0.717, 1.165) is 12.8 Å². The molecule has 0 saturated carbocycles. The molecule has 6 rings (SSSR count). The van der Waals surface area contributed by atoms with E-state index >= 15 is 0 Å². The second kappa shape index (κ2) is 10.8. The molecule has 0 spiro atoms. The summed E-state index contributed by atoms with van der Waals surface area (Å²) in [7, 11) is 0. The highest BCUT2D eigenvalue weighted by Gasteiger charge is 2.22. The molecule has 0 nitrogen and oxygen atoms in total. The maximum atomic E-state index is 2.28. The van der Waals surface area contributed by atoms with Crippen LogP contribution < -0.4 is 0 Å². The van der Waals surface area contributed by atoms with E-state index in [4.69, 9.17) is 0 Å². The van der Waals surface area contributed by atoms with Gasteiger partial charge in [-0.15, -0.1) is 24.8 Å². The van der Waals surface area contributed by atoms with E-state index in [1.165, 1.54) is 44.5 Å². The first-order chi connectivity index (χ1) is 15.5. The predicted molar refractivity (Wildman–Crippen MR) is 152 cm³/mol. The molecule has 4 aromatic rings. The minimum absolute atomic E-state index is 0. The summed E-state index contributed by atoms with van der Waals surface area (Å²) >= 11 is 0. The van der Waals surface area contributed by atoms with E-state index in [-0.39, 0.29) is 24.8 Å². The molecule has 4 aromatic carbocycles. The summed E-state index contributed by atoms with van der Waals surface area (Å²) in [6, 6.07) is 31.0. The van der Waals surface area contributed by atoms with Crippen LogP contribution in [0.15, 0.2) is 84.9 Å². The minimum Gasteiger partial charge on any atom is -0.147 e. The first-order valence-electron chi connectivity index (χ1n) is 11.9. The second-order valence-corrected chi connectivity index (χ2v) is 9.72. The largest absolute Gasteiger partial charge is 0.147 e. The molecule has 2 aliphatic rings. The summed E-state index contributed by atoms with van der Waals surface area (Å²) in [6.07, 6.45) is 2.22. The van der Waals surface area contributed by atoms with Crippen molar-refractivity contribution in [2.75, 3.05) is 0 Å². The van der Waals surface area contributed by atoms with Crippen LogP contribution >= 0.6 is 24.8 Å². The van der Waals surface area contributed by atoms with Gasteiger partial charge >= 0.3 is 0 Å². The van der Waals surface area contributed by atoms with Crippen molar-refractivity contribution in [1.29, 1.82) is 0 Å². The number of halogens is 2. The molecule has 0 radical (unpaired) electrons. The Morgan fingerprint density at radius 2 is 0.794 bits per heavy atom. The van der Waals surface area contributed by atoms with Crippen LogP contribution in [0.2, 0.25) is 0 Å². The van der Waals surface area contributed by atoms with Crippen molar-refractivity contribution >= 4 is 24.8 Å². The lowest BCUT2D eigenvalue weighted by atomic mass is 9.94. The summed E-state index contributed by atoms with van der Waals surface area (Å²) in [5.41, 5.74) is 14.8. The number of fused-ring (bicyclic) bond motifs is 6. The molecule has 34 heavy (non-hydrogen) atoms. The predicted octanol–water partition coefficient (Wildman–Crippen LogP) is 9.61. The van der Waals surface area contributed by atoms with Crippen LogP contribution in [0.3, 0.4) is 0 Å². The van der Waals surface area contributed by atoms with Crippen LogP contribution in [0.25, 0.3) is 22.3 Å². The van der Waals surface area contributed by atoms with E-state index in [1.54, 1.807) is 11.1 Å². The molecule has 0 unspecified atom stereocenters. The molecule has 2 heteroatoms. The highest BCUT2D eigenvalue weighted by Crippen LogP contribution is 2.41. The minimum atomic E-state index is 0. The smallest absolute Gasteiger partial charge is 0.00106 e. The fourth-order valence-corrected chi connectivity index (χ4v) is 5.45. The highest BCUT2D eigenvalue weighted by molar-refractivity contribution is 5.85. The zero-order chi connectivity index (χ0) is 22.2. The zero-order valence-corrected chi connectivity index (χ0v) is 22.1. The Kier molecular flexibility index (Phi) is 8.29. The van der Waals surface area contributed by atoms with Gasteiger partial charge in [0.05, 0.1) is 0 Å². The van der Waals surface area contributed by atoms with Crippen LogP contribution in [-0.4, -0.2) is 0 Å². The van der Waals surface area contributed by atoms with Crippen molar-refractivity contribution in [1.82, 2.24) is 0 Å². The van der Waals surface area contributed by atoms with Gasteiger partial charge in [0.1, 0.15) is 0 Å². The number of hydrogen-bond acceptors (Lipinski definition) is 0. The standard InChI is InChI=1S/2C16H16.2ClH/c2*1-11(2)13-8-5-9-15-14-7-4-3-6-12(14)10-16(13)15;;/h2*3-9,11H,10H2,1-2H3;2*1H. The fourth-order valence-electron chi connectivity index (χ4n) is 5.45. The van der Waals surface area contributed by atoms with Gasteiger partial charge < -0.3 is 0 Å². The summed E-state index contributed by atoms with van der Waals surface area (Å²) in [6.45, 7) is 9.11. The van der Waals surface area contributed by atoms with Gasteiger partial charge in [-0.05, 0) is 80.3 Å². The molecule has 0 aliphatic heterocycles. The number of benzene rings is 4. The lowest BCUT2D eigenvalue weighted by Crippen LogP contribution is -1.94. The number of hydrogen-bond donors (Lipinski definition) is 0. The van der Waals surface area contributed by atoms with Crippen molar-refractivity contribution < 1.29 is 0 Å². The SMILES string of the molecule is CC(C)c1cccc2c1Cc1ccccc1-2.CC(C)c1cccc2c1Cc1ccccc1-2.Cl.Cl. The Morgan fingerprint density at radius 3 is 1.18 bits per heavy atom.